The second-order valence-electron chi connectivity index (χ2n) is 2.75. The molecule has 0 fully saturated rings. The van der Waals surface area contributed by atoms with Gasteiger partial charge in [0.15, 0.2) is 11.5 Å². The van der Waals surface area contributed by atoms with E-state index < -0.39 is 0 Å². The first-order chi connectivity index (χ1) is 7.22. The van der Waals surface area contributed by atoms with Crippen LogP contribution in [-0.2, 0) is 0 Å². The Hall–Kier alpha value is -1.03. The van der Waals surface area contributed by atoms with Gasteiger partial charge in [-0.15, -0.1) is 0 Å². The minimum absolute atomic E-state index is 0.342. The third-order valence-corrected chi connectivity index (χ3v) is 2.09. The molecule has 0 saturated carbocycles. The largest absolute Gasteiger partial charge is 0.493 e. The zero-order valence-corrected chi connectivity index (χ0v) is 10.2. The number of benzene rings is 1. The number of hydrogen-bond acceptors (Lipinski definition) is 2. The van der Waals surface area contributed by atoms with Gasteiger partial charge in [-0.3, -0.25) is 0 Å². The summed E-state index contributed by atoms with van der Waals surface area (Å²) in [6.45, 7) is 2.38. The van der Waals surface area contributed by atoms with Crippen LogP contribution in [-0.4, -0.2) is 13.7 Å². The monoisotopic (exact) mass is 274 g/mol. The highest BCUT2D eigenvalue weighted by molar-refractivity contribution is 9.11. The molecule has 0 N–H and O–H groups in total. The fourth-order valence-electron chi connectivity index (χ4n) is 1.17. The Kier molecular flexibility index (Phi) is 4.62. The molecule has 4 heteroatoms. The van der Waals surface area contributed by atoms with Gasteiger partial charge in [-0.25, -0.2) is 4.39 Å². The van der Waals surface area contributed by atoms with Gasteiger partial charge in [0.25, 0.3) is 0 Å². The SMILES string of the molecule is CCOc1cc(/C=C/Br)c(F)cc1OC. The summed E-state index contributed by atoms with van der Waals surface area (Å²) in [7, 11) is 1.48. The Balaban J connectivity index is 3.17. The standard InChI is InChI=1S/C11H12BrFO2/c1-3-15-11-6-8(4-5-12)9(13)7-10(11)14-2/h4-7H,3H2,1-2H3/b5-4+. The summed E-state index contributed by atoms with van der Waals surface area (Å²) in [4.78, 5) is 1.59. The van der Waals surface area contributed by atoms with E-state index in [0.717, 1.165) is 0 Å². The summed E-state index contributed by atoms with van der Waals surface area (Å²) in [6, 6.07) is 2.92. The Morgan fingerprint density at radius 3 is 2.67 bits per heavy atom. The van der Waals surface area contributed by atoms with Crippen LogP contribution in [0.3, 0.4) is 0 Å². The maximum Gasteiger partial charge on any atom is 0.163 e. The first-order valence-corrected chi connectivity index (χ1v) is 5.41. The van der Waals surface area contributed by atoms with Gasteiger partial charge in [0.1, 0.15) is 5.82 Å². The van der Waals surface area contributed by atoms with Crippen LogP contribution in [0.2, 0.25) is 0 Å². The van der Waals surface area contributed by atoms with Crippen molar-refractivity contribution in [1.29, 1.82) is 0 Å². The molecule has 0 aromatic heterocycles. The Bertz CT molecular complexity index is 364. The van der Waals surface area contributed by atoms with E-state index in [1.165, 1.54) is 13.2 Å². The predicted molar refractivity (Wildman–Crippen MR) is 62.1 cm³/mol. The summed E-state index contributed by atoms with van der Waals surface area (Å²) < 4.78 is 23.8. The molecule has 0 saturated heterocycles. The molecule has 0 aliphatic rings. The van der Waals surface area contributed by atoms with Gasteiger partial charge < -0.3 is 9.47 Å². The van der Waals surface area contributed by atoms with E-state index in [0.29, 0.717) is 23.7 Å². The average molecular weight is 275 g/mol. The van der Waals surface area contributed by atoms with E-state index in [-0.39, 0.29) is 5.82 Å². The second-order valence-corrected chi connectivity index (χ2v) is 3.28. The van der Waals surface area contributed by atoms with Crippen molar-refractivity contribution in [3.8, 4) is 11.5 Å². The quantitative estimate of drug-likeness (QED) is 0.835. The van der Waals surface area contributed by atoms with Crippen molar-refractivity contribution in [2.75, 3.05) is 13.7 Å². The van der Waals surface area contributed by atoms with Gasteiger partial charge in [-0.1, -0.05) is 15.9 Å². The van der Waals surface area contributed by atoms with Gasteiger partial charge in [-0.2, -0.15) is 0 Å². The molecule has 82 valence electrons. The smallest absolute Gasteiger partial charge is 0.163 e. The topological polar surface area (TPSA) is 18.5 Å². The summed E-state index contributed by atoms with van der Waals surface area (Å²) >= 11 is 3.10. The zero-order chi connectivity index (χ0) is 11.3. The van der Waals surface area contributed by atoms with E-state index in [9.17, 15) is 4.39 Å². The number of rotatable bonds is 4. The van der Waals surface area contributed by atoms with Crippen LogP contribution in [0.4, 0.5) is 4.39 Å². The highest BCUT2D eigenvalue weighted by Gasteiger charge is 2.09. The molecule has 0 bridgehead atoms. The maximum absolute atomic E-state index is 13.4. The normalized spacial score (nSPS) is 10.7. The minimum atomic E-state index is -0.342. The second kappa shape index (κ2) is 5.75. The lowest BCUT2D eigenvalue weighted by Crippen LogP contribution is -1.97. The maximum atomic E-state index is 13.4. The van der Waals surface area contributed by atoms with Crippen molar-refractivity contribution < 1.29 is 13.9 Å². The van der Waals surface area contributed by atoms with Crippen LogP contribution >= 0.6 is 15.9 Å². The molecule has 1 aromatic rings. The highest BCUT2D eigenvalue weighted by atomic mass is 79.9. The van der Waals surface area contributed by atoms with Crippen molar-refractivity contribution in [3.63, 3.8) is 0 Å². The average Bonchev–Trinajstić information content (AvgIpc) is 2.23. The first-order valence-electron chi connectivity index (χ1n) is 4.50. The summed E-state index contributed by atoms with van der Waals surface area (Å²) in [5, 5.41) is 0. The third kappa shape index (κ3) is 2.96. The molecular formula is C11H12BrFO2. The molecular weight excluding hydrogens is 263 g/mol. The molecule has 1 aromatic carbocycles. The van der Waals surface area contributed by atoms with E-state index in [2.05, 4.69) is 15.9 Å². The summed E-state index contributed by atoms with van der Waals surface area (Å²) in [6.07, 6.45) is 1.61. The first kappa shape index (κ1) is 12.0. The lowest BCUT2D eigenvalue weighted by Gasteiger charge is -2.10. The number of halogens is 2. The molecule has 0 amide bonds. The summed E-state index contributed by atoms with van der Waals surface area (Å²) in [5.74, 6) is 0.606. The zero-order valence-electron chi connectivity index (χ0n) is 8.59. The van der Waals surface area contributed by atoms with E-state index in [1.807, 2.05) is 6.92 Å². The van der Waals surface area contributed by atoms with E-state index in [4.69, 9.17) is 9.47 Å². The lowest BCUT2D eigenvalue weighted by molar-refractivity contribution is 0.309. The molecule has 0 aliphatic carbocycles. The Morgan fingerprint density at radius 2 is 2.13 bits per heavy atom. The molecule has 0 atom stereocenters. The van der Waals surface area contributed by atoms with Crippen molar-refractivity contribution in [2.24, 2.45) is 0 Å². The van der Waals surface area contributed by atoms with Gasteiger partial charge in [0.05, 0.1) is 13.7 Å². The predicted octanol–water partition coefficient (Wildman–Crippen LogP) is 3.60. The third-order valence-electron chi connectivity index (χ3n) is 1.83. The Labute approximate surface area is 96.8 Å². The molecule has 2 nitrogen and oxygen atoms in total. The molecule has 0 spiro atoms. The Morgan fingerprint density at radius 1 is 1.40 bits per heavy atom. The van der Waals surface area contributed by atoms with Gasteiger partial charge in [-0.05, 0) is 24.1 Å². The van der Waals surface area contributed by atoms with Crippen LogP contribution < -0.4 is 9.47 Å². The number of methoxy groups -OCH3 is 1. The van der Waals surface area contributed by atoms with Crippen molar-refractivity contribution in [3.05, 3.63) is 28.5 Å². The van der Waals surface area contributed by atoms with Crippen molar-refractivity contribution in [2.45, 2.75) is 6.92 Å². The van der Waals surface area contributed by atoms with Crippen molar-refractivity contribution in [1.82, 2.24) is 0 Å². The molecule has 1 rings (SSSR count). The van der Waals surface area contributed by atoms with E-state index >= 15 is 0 Å². The lowest BCUT2D eigenvalue weighted by atomic mass is 10.2. The van der Waals surface area contributed by atoms with Crippen LogP contribution in [0.25, 0.3) is 6.08 Å². The minimum Gasteiger partial charge on any atom is -0.493 e. The van der Waals surface area contributed by atoms with Crippen LogP contribution in [0.15, 0.2) is 17.1 Å². The number of ether oxygens (including phenoxy) is 2. The fourth-order valence-corrected chi connectivity index (χ4v) is 1.46. The summed E-state index contributed by atoms with van der Waals surface area (Å²) in [5.41, 5.74) is 0.455. The van der Waals surface area contributed by atoms with Crippen LogP contribution in [0, 0.1) is 5.82 Å². The van der Waals surface area contributed by atoms with Gasteiger partial charge >= 0.3 is 0 Å². The highest BCUT2D eigenvalue weighted by Crippen LogP contribution is 2.30. The van der Waals surface area contributed by atoms with Crippen LogP contribution in [0.1, 0.15) is 12.5 Å². The fraction of sp³-hybridized carbons (Fsp3) is 0.273. The number of hydrogen-bond donors (Lipinski definition) is 0. The molecule has 15 heavy (non-hydrogen) atoms. The van der Waals surface area contributed by atoms with Crippen LogP contribution in [0.5, 0.6) is 11.5 Å². The molecule has 0 radical (unpaired) electrons. The molecule has 0 heterocycles. The van der Waals surface area contributed by atoms with Gasteiger partial charge in [0.2, 0.25) is 0 Å². The van der Waals surface area contributed by atoms with Gasteiger partial charge in [0, 0.05) is 11.6 Å². The molecule has 0 aliphatic heterocycles. The molecule has 0 unspecified atom stereocenters. The van der Waals surface area contributed by atoms with Crippen molar-refractivity contribution >= 4 is 22.0 Å². The van der Waals surface area contributed by atoms with E-state index in [1.54, 1.807) is 17.1 Å².